The number of nitrogens with one attached hydrogen (secondary N) is 3. The van der Waals surface area contributed by atoms with E-state index in [2.05, 4.69) is 20.9 Å². The highest BCUT2D eigenvalue weighted by Gasteiger charge is 2.42. The molecule has 0 saturated carbocycles. The van der Waals surface area contributed by atoms with Crippen LogP contribution in [0.4, 0.5) is 5.82 Å². The van der Waals surface area contributed by atoms with Gasteiger partial charge in [-0.1, -0.05) is 19.9 Å². The standard InChI is InChI=1S/C19H29N5O3/c1-6-21-18(26)14-10-13-8-7-9-22-16(13)24(14)19(27)15(11(2)3)23-17(25)12(4)20-5/h7-9,11-12,14-15,20H,6,10H2,1-5H3,(H,21,26)(H,23,25)/t12-,14+,15-/m0/s1. The van der Waals surface area contributed by atoms with Crippen LogP contribution in [-0.2, 0) is 20.8 Å². The van der Waals surface area contributed by atoms with Crippen LogP contribution in [0.2, 0.25) is 0 Å². The molecule has 148 valence electrons. The van der Waals surface area contributed by atoms with Gasteiger partial charge in [-0.2, -0.15) is 0 Å². The van der Waals surface area contributed by atoms with Crippen molar-refractivity contribution in [3.05, 3.63) is 23.9 Å². The van der Waals surface area contributed by atoms with Gasteiger partial charge in [0, 0.05) is 19.2 Å². The highest BCUT2D eigenvalue weighted by molar-refractivity contribution is 6.06. The number of hydrogen-bond acceptors (Lipinski definition) is 5. The zero-order valence-electron chi connectivity index (χ0n) is 16.6. The fraction of sp³-hybridized carbons (Fsp3) is 0.579. The molecule has 3 amide bonds. The molecule has 1 aromatic rings. The number of pyridine rings is 1. The number of amides is 3. The van der Waals surface area contributed by atoms with Crippen molar-refractivity contribution < 1.29 is 14.4 Å². The van der Waals surface area contributed by atoms with Crippen molar-refractivity contribution in [1.82, 2.24) is 20.9 Å². The third-order valence-electron chi connectivity index (χ3n) is 4.77. The summed E-state index contributed by atoms with van der Waals surface area (Å²) in [7, 11) is 1.68. The third kappa shape index (κ3) is 4.44. The van der Waals surface area contributed by atoms with E-state index in [-0.39, 0.29) is 23.6 Å². The molecule has 0 radical (unpaired) electrons. The molecule has 0 aliphatic carbocycles. The molecule has 1 aliphatic heterocycles. The van der Waals surface area contributed by atoms with Gasteiger partial charge < -0.3 is 16.0 Å². The largest absolute Gasteiger partial charge is 0.355 e. The smallest absolute Gasteiger partial charge is 0.251 e. The predicted octanol–water partition coefficient (Wildman–Crippen LogP) is 0.224. The molecule has 8 heteroatoms. The lowest BCUT2D eigenvalue weighted by Gasteiger charge is -2.31. The maximum atomic E-state index is 13.4. The maximum Gasteiger partial charge on any atom is 0.251 e. The quantitative estimate of drug-likeness (QED) is 0.633. The molecule has 2 heterocycles. The first-order valence-corrected chi connectivity index (χ1v) is 9.34. The van der Waals surface area contributed by atoms with Crippen molar-refractivity contribution in [3.63, 3.8) is 0 Å². The van der Waals surface area contributed by atoms with Gasteiger partial charge in [-0.05, 0) is 38.4 Å². The Labute approximate surface area is 160 Å². The summed E-state index contributed by atoms with van der Waals surface area (Å²) in [5.41, 5.74) is 0.847. The third-order valence-corrected chi connectivity index (χ3v) is 4.77. The Bertz CT molecular complexity index is 706. The van der Waals surface area contributed by atoms with Gasteiger partial charge in [-0.15, -0.1) is 0 Å². The Kier molecular flexibility index (Phi) is 6.90. The predicted molar refractivity (Wildman–Crippen MR) is 103 cm³/mol. The van der Waals surface area contributed by atoms with Gasteiger partial charge in [0.2, 0.25) is 11.8 Å². The average Bonchev–Trinajstić information content (AvgIpc) is 3.04. The van der Waals surface area contributed by atoms with Gasteiger partial charge >= 0.3 is 0 Å². The molecular weight excluding hydrogens is 346 g/mol. The van der Waals surface area contributed by atoms with Gasteiger partial charge in [-0.3, -0.25) is 19.3 Å². The van der Waals surface area contributed by atoms with Crippen molar-refractivity contribution >= 4 is 23.5 Å². The van der Waals surface area contributed by atoms with Crippen molar-refractivity contribution in [1.29, 1.82) is 0 Å². The summed E-state index contributed by atoms with van der Waals surface area (Å²) in [5.74, 6) is -0.468. The molecule has 3 N–H and O–H groups in total. The molecule has 0 aromatic carbocycles. The summed E-state index contributed by atoms with van der Waals surface area (Å²) in [4.78, 5) is 44.1. The fourth-order valence-corrected chi connectivity index (χ4v) is 3.09. The van der Waals surface area contributed by atoms with Crippen molar-refractivity contribution in [3.8, 4) is 0 Å². The molecule has 0 unspecified atom stereocenters. The van der Waals surface area contributed by atoms with Crippen LogP contribution in [-0.4, -0.2) is 54.4 Å². The number of carbonyl (C=O) groups is 3. The Morgan fingerprint density at radius 2 is 2.00 bits per heavy atom. The summed E-state index contributed by atoms with van der Waals surface area (Å²) in [6.07, 6.45) is 2.01. The van der Waals surface area contributed by atoms with E-state index in [4.69, 9.17) is 0 Å². The molecule has 27 heavy (non-hydrogen) atoms. The summed E-state index contributed by atoms with van der Waals surface area (Å²) in [6, 6.07) is 1.81. The summed E-state index contributed by atoms with van der Waals surface area (Å²) >= 11 is 0. The van der Waals surface area contributed by atoms with Crippen molar-refractivity contribution in [2.24, 2.45) is 5.92 Å². The minimum absolute atomic E-state index is 0.145. The normalized spacial score (nSPS) is 18.0. The molecule has 0 spiro atoms. The number of nitrogens with zero attached hydrogens (tertiary/aromatic N) is 2. The van der Waals surface area contributed by atoms with Crippen LogP contribution < -0.4 is 20.9 Å². The Hall–Kier alpha value is -2.48. The number of rotatable bonds is 7. The lowest BCUT2D eigenvalue weighted by molar-refractivity contribution is -0.131. The van der Waals surface area contributed by atoms with Crippen LogP contribution in [0.15, 0.2) is 18.3 Å². The van der Waals surface area contributed by atoms with Crippen LogP contribution in [0.5, 0.6) is 0 Å². The molecular formula is C19H29N5O3. The van der Waals surface area contributed by atoms with E-state index in [1.54, 1.807) is 26.2 Å². The van der Waals surface area contributed by atoms with Gasteiger partial charge in [0.15, 0.2) is 0 Å². The minimum atomic E-state index is -0.752. The van der Waals surface area contributed by atoms with E-state index in [1.807, 2.05) is 26.8 Å². The number of fused-ring (bicyclic) bond motifs is 1. The van der Waals surface area contributed by atoms with Gasteiger partial charge in [0.1, 0.15) is 17.9 Å². The van der Waals surface area contributed by atoms with Crippen LogP contribution in [0, 0.1) is 5.92 Å². The zero-order valence-corrected chi connectivity index (χ0v) is 16.6. The highest BCUT2D eigenvalue weighted by atomic mass is 16.2. The van der Waals surface area contributed by atoms with Crippen LogP contribution in [0.1, 0.15) is 33.3 Å². The second-order valence-corrected chi connectivity index (χ2v) is 7.05. The Morgan fingerprint density at radius 3 is 2.59 bits per heavy atom. The first-order valence-electron chi connectivity index (χ1n) is 9.34. The van der Waals surface area contributed by atoms with Crippen LogP contribution in [0.3, 0.4) is 0 Å². The van der Waals surface area contributed by atoms with Gasteiger partial charge in [0.05, 0.1) is 6.04 Å². The second-order valence-electron chi connectivity index (χ2n) is 7.05. The highest BCUT2D eigenvalue weighted by Crippen LogP contribution is 2.31. The number of aromatic nitrogens is 1. The molecule has 1 aromatic heterocycles. The van der Waals surface area contributed by atoms with Gasteiger partial charge in [0.25, 0.3) is 5.91 Å². The van der Waals surface area contributed by atoms with Crippen LogP contribution >= 0.6 is 0 Å². The Balaban J connectivity index is 2.35. The van der Waals surface area contributed by atoms with Crippen LogP contribution in [0.25, 0.3) is 0 Å². The minimum Gasteiger partial charge on any atom is -0.355 e. The zero-order chi connectivity index (χ0) is 20.1. The van der Waals surface area contributed by atoms with Gasteiger partial charge in [-0.25, -0.2) is 4.98 Å². The second kappa shape index (κ2) is 8.94. The van der Waals surface area contributed by atoms with E-state index in [1.165, 1.54) is 4.90 Å². The average molecular weight is 375 g/mol. The van der Waals surface area contributed by atoms with E-state index in [0.29, 0.717) is 18.8 Å². The summed E-state index contributed by atoms with van der Waals surface area (Å²) in [5, 5.41) is 8.46. The molecule has 0 saturated heterocycles. The lowest BCUT2D eigenvalue weighted by atomic mass is 10.0. The summed E-state index contributed by atoms with van der Waals surface area (Å²) in [6.45, 7) is 7.76. The molecule has 2 rings (SSSR count). The number of carbonyl (C=O) groups excluding carboxylic acids is 3. The first-order chi connectivity index (χ1) is 12.8. The topological polar surface area (TPSA) is 103 Å². The van der Waals surface area contributed by atoms with E-state index in [0.717, 1.165) is 5.56 Å². The SMILES string of the molecule is CCNC(=O)[C@H]1Cc2cccnc2N1C(=O)[C@@H](NC(=O)[C@H](C)NC)C(C)C. The van der Waals surface area contributed by atoms with E-state index >= 15 is 0 Å². The monoisotopic (exact) mass is 375 g/mol. The molecule has 0 bridgehead atoms. The molecule has 8 nitrogen and oxygen atoms in total. The molecule has 3 atom stereocenters. The Morgan fingerprint density at radius 1 is 1.30 bits per heavy atom. The number of hydrogen-bond donors (Lipinski definition) is 3. The number of anilines is 1. The fourth-order valence-electron chi connectivity index (χ4n) is 3.09. The first kappa shape index (κ1) is 20.8. The number of likely N-dealkylation sites (N-methyl/N-ethyl adjacent to an activating group) is 2. The van der Waals surface area contributed by atoms with Crippen molar-refractivity contribution in [2.75, 3.05) is 18.5 Å². The summed E-state index contributed by atoms with van der Waals surface area (Å²) < 4.78 is 0. The van der Waals surface area contributed by atoms with E-state index in [9.17, 15) is 14.4 Å². The lowest BCUT2D eigenvalue weighted by Crippen LogP contribution is -2.58. The molecule has 1 aliphatic rings. The van der Waals surface area contributed by atoms with E-state index < -0.39 is 18.1 Å². The maximum absolute atomic E-state index is 13.4. The molecule has 0 fully saturated rings. The van der Waals surface area contributed by atoms with Crippen molar-refractivity contribution in [2.45, 2.75) is 52.2 Å².